The zero-order valence-corrected chi connectivity index (χ0v) is 16.6. The smallest absolute Gasteiger partial charge is 0.234 e. The Hall–Kier alpha value is -2.38. The van der Waals surface area contributed by atoms with Crippen molar-refractivity contribution in [1.29, 1.82) is 0 Å². The number of hydrogen-bond acceptors (Lipinski definition) is 6. The van der Waals surface area contributed by atoms with Gasteiger partial charge in [0, 0.05) is 25.2 Å². The van der Waals surface area contributed by atoms with Crippen molar-refractivity contribution in [1.82, 2.24) is 24.4 Å². The maximum atomic E-state index is 6.17. The first kappa shape index (κ1) is 18.0. The standard InChI is InChI=1S/C19H22ClN5O2/c1-11-7-12(20)8-14(26-4)16(11)18-23-17-19(25(18)3)21-9-15(22-17)27-13-5-6-24(2)10-13/h7-9,13H,5-6,10H2,1-4H3/t13-/m1/s1. The number of hydrogen-bond donors (Lipinski definition) is 0. The van der Waals surface area contributed by atoms with Gasteiger partial charge in [-0.05, 0) is 38.1 Å². The van der Waals surface area contributed by atoms with Crippen molar-refractivity contribution in [2.24, 2.45) is 7.05 Å². The molecule has 0 saturated carbocycles. The molecule has 0 spiro atoms. The van der Waals surface area contributed by atoms with Gasteiger partial charge in [0.25, 0.3) is 0 Å². The summed E-state index contributed by atoms with van der Waals surface area (Å²) in [6.07, 6.45) is 2.80. The average molecular weight is 388 g/mol. The van der Waals surface area contributed by atoms with Gasteiger partial charge < -0.3 is 18.9 Å². The molecule has 1 aliphatic heterocycles. The Morgan fingerprint density at radius 2 is 2.04 bits per heavy atom. The van der Waals surface area contributed by atoms with Gasteiger partial charge in [-0.2, -0.15) is 4.98 Å². The zero-order valence-electron chi connectivity index (χ0n) is 15.9. The number of methoxy groups -OCH3 is 1. The number of likely N-dealkylation sites (N-methyl/N-ethyl adjacent to an activating group) is 1. The topological polar surface area (TPSA) is 65.3 Å². The van der Waals surface area contributed by atoms with Gasteiger partial charge in [0.1, 0.15) is 17.7 Å². The van der Waals surface area contributed by atoms with Gasteiger partial charge in [-0.25, -0.2) is 9.97 Å². The number of benzene rings is 1. The molecular formula is C19H22ClN5O2. The van der Waals surface area contributed by atoms with Crippen LogP contribution >= 0.6 is 11.6 Å². The first-order chi connectivity index (χ1) is 13.0. The number of aromatic nitrogens is 4. The number of halogens is 1. The summed E-state index contributed by atoms with van der Waals surface area (Å²) in [5.74, 6) is 1.91. The molecule has 0 amide bonds. The highest BCUT2D eigenvalue weighted by molar-refractivity contribution is 6.31. The third-order valence-corrected chi connectivity index (χ3v) is 5.12. The van der Waals surface area contributed by atoms with E-state index < -0.39 is 0 Å². The normalized spacial score (nSPS) is 17.6. The SMILES string of the molecule is COc1cc(Cl)cc(C)c1-c1nc2nc(O[C@@H]3CCN(C)C3)cnc2n1C. The van der Waals surface area contributed by atoms with Gasteiger partial charge in [0.05, 0.1) is 18.9 Å². The first-order valence-corrected chi connectivity index (χ1v) is 9.23. The number of likely N-dealkylation sites (tertiary alicyclic amines) is 1. The van der Waals surface area contributed by atoms with Gasteiger partial charge in [0.2, 0.25) is 11.5 Å². The van der Waals surface area contributed by atoms with Crippen LogP contribution in [0.3, 0.4) is 0 Å². The minimum atomic E-state index is 0.142. The largest absolute Gasteiger partial charge is 0.496 e. The summed E-state index contributed by atoms with van der Waals surface area (Å²) in [6.45, 7) is 3.91. The number of ether oxygens (including phenoxy) is 2. The van der Waals surface area contributed by atoms with Crippen molar-refractivity contribution in [2.75, 3.05) is 27.2 Å². The van der Waals surface area contributed by atoms with E-state index in [4.69, 9.17) is 26.1 Å². The number of imidazole rings is 1. The van der Waals surface area contributed by atoms with E-state index in [0.717, 1.165) is 36.5 Å². The van der Waals surface area contributed by atoms with Gasteiger partial charge in [-0.1, -0.05) is 11.6 Å². The molecule has 1 fully saturated rings. The highest BCUT2D eigenvalue weighted by Gasteiger charge is 2.23. The lowest BCUT2D eigenvalue weighted by Crippen LogP contribution is -2.21. The second-order valence-electron chi connectivity index (χ2n) is 6.94. The number of aryl methyl sites for hydroxylation is 2. The van der Waals surface area contributed by atoms with Gasteiger partial charge in [-0.3, -0.25) is 0 Å². The van der Waals surface area contributed by atoms with E-state index in [9.17, 15) is 0 Å². The van der Waals surface area contributed by atoms with Crippen LogP contribution in [0.1, 0.15) is 12.0 Å². The predicted octanol–water partition coefficient (Wildman–Crippen LogP) is 3.08. The third kappa shape index (κ3) is 3.33. The minimum absolute atomic E-state index is 0.142. The Morgan fingerprint density at radius 1 is 1.22 bits per heavy atom. The molecule has 0 unspecified atom stereocenters. The fraction of sp³-hybridized carbons (Fsp3) is 0.421. The van der Waals surface area contributed by atoms with Crippen LogP contribution in [0, 0.1) is 6.92 Å². The molecule has 0 N–H and O–H groups in total. The van der Waals surface area contributed by atoms with Crippen molar-refractivity contribution in [3.63, 3.8) is 0 Å². The van der Waals surface area contributed by atoms with E-state index in [0.29, 0.717) is 27.9 Å². The summed E-state index contributed by atoms with van der Waals surface area (Å²) in [4.78, 5) is 16.0. The van der Waals surface area contributed by atoms with Crippen LogP contribution in [0.15, 0.2) is 18.3 Å². The van der Waals surface area contributed by atoms with Crippen molar-refractivity contribution in [3.05, 3.63) is 28.9 Å². The van der Waals surface area contributed by atoms with Crippen LogP contribution in [-0.2, 0) is 7.05 Å². The molecule has 1 saturated heterocycles. The van der Waals surface area contributed by atoms with Gasteiger partial charge in [0.15, 0.2) is 5.65 Å². The van der Waals surface area contributed by atoms with E-state index in [1.807, 2.05) is 24.6 Å². The fourth-order valence-electron chi connectivity index (χ4n) is 3.55. The third-order valence-electron chi connectivity index (χ3n) is 4.90. The first-order valence-electron chi connectivity index (χ1n) is 8.85. The minimum Gasteiger partial charge on any atom is -0.496 e. The highest BCUT2D eigenvalue weighted by atomic mass is 35.5. The van der Waals surface area contributed by atoms with Crippen molar-refractivity contribution >= 4 is 22.9 Å². The number of rotatable bonds is 4. The molecule has 27 heavy (non-hydrogen) atoms. The molecule has 142 valence electrons. The van der Waals surface area contributed by atoms with Crippen LogP contribution in [0.5, 0.6) is 11.6 Å². The molecular weight excluding hydrogens is 366 g/mol. The number of fused-ring (bicyclic) bond motifs is 1. The van der Waals surface area contributed by atoms with Gasteiger partial charge >= 0.3 is 0 Å². The molecule has 0 radical (unpaired) electrons. The van der Waals surface area contributed by atoms with Crippen LogP contribution in [0.4, 0.5) is 0 Å². The maximum absolute atomic E-state index is 6.17. The molecule has 1 aliphatic rings. The van der Waals surface area contributed by atoms with E-state index in [2.05, 4.69) is 21.9 Å². The van der Waals surface area contributed by atoms with Crippen molar-refractivity contribution < 1.29 is 9.47 Å². The predicted molar refractivity (Wildman–Crippen MR) is 105 cm³/mol. The maximum Gasteiger partial charge on any atom is 0.234 e. The van der Waals surface area contributed by atoms with Crippen molar-refractivity contribution in [3.8, 4) is 23.0 Å². The molecule has 8 heteroatoms. The van der Waals surface area contributed by atoms with Crippen LogP contribution in [0.2, 0.25) is 5.02 Å². The highest BCUT2D eigenvalue weighted by Crippen LogP contribution is 2.36. The Labute approximate surface area is 162 Å². The Morgan fingerprint density at radius 3 is 2.74 bits per heavy atom. The van der Waals surface area contributed by atoms with E-state index in [-0.39, 0.29) is 6.10 Å². The van der Waals surface area contributed by atoms with Crippen LogP contribution in [0.25, 0.3) is 22.7 Å². The molecule has 7 nitrogen and oxygen atoms in total. The quantitative estimate of drug-likeness (QED) is 0.685. The lowest BCUT2D eigenvalue weighted by Gasteiger charge is -2.12. The zero-order chi connectivity index (χ0) is 19.1. The monoisotopic (exact) mass is 387 g/mol. The summed E-state index contributed by atoms with van der Waals surface area (Å²) < 4.78 is 13.4. The van der Waals surface area contributed by atoms with E-state index in [1.165, 1.54) is 0 Å². The second kappa shape index (κ2) is 6.98. The molecule has 0 aliphatic carbocycles. The summed E-state index contributed by atoms with van der Waals surface area (Å²) in [6, 6.07) is 3.68. The molecule has 2 aromatic heterocycles. The second-order valence-corrected chi connectivity index (χ2v) is 7.38. The Bertz CT molecular complexity index is 1000. The Balaban J connectivity index is 1.74. The lowest BCUT2D eigenvalue weighted by atomic mass is 10.1. The molecule has 1 aromatic carbocycles. The van der Waals surface area contributed by atoms with Crippen LogP contribution < -0.4 is 9.47 Å². The van der Waals surface area contributed by atoms with E-state index >= 15 is 0 Å². The lowest BCUT2D eigenvalue weighted by molar-refractivity contribution is 0.200. The molecule has 1 atom stereocenters. The molecule has 3 heterocycles. The van der Waals surface area contributed by atoms with Gasteiger partial charge in [-0.15, -0.1) is 0 Å². The van der Waals surface area contributed by atoms with Crippen LogP contribution in [-0.4, -0.2) is 57.8 Å². The molecule has 0 bridgehead atoms. The van der Waals surface area contributed by atoms with Crippen molar-refractivity contribution in [2.45, 2.75) is 19.4 Å². The molecule has 4 rings (SSSR count). The Kier molecular flexibility index (Phi) is 4.65. The fourth-order valence-corrected chi connectivity index (χ4v) is 3.81. The summed E-state index contributed by atoms with van der Waals surface area (Å²) in [5, 5.41) is 0.625. The summed E-state index contributed by atoms with van der Waals surface area (Å²) in [7, 11) is 5.63. The van der Waals surface area contributed by atoms with E-state index in [1.54, 1.807) is 19.4 Å². The molecule has 3 aromatic rings. The summed E-state index contributed by atoms with van der Waals surface area (Å²) >= 11 is 6.17. The number of nitrogens with zero attached hydrogens (tertiary/aromatic N) is 5. The average Bonchev–Trinajstić information content (AvgIpc) is 3.17. The summed E-state index contributed by atoms with van der Waals surface area (Å²) in [5.41, 5.74) is 3.09.